The molecule has 0 spiro atoms. The average Bonchev–Trinajstić information content (AvgIpc) is 2.26. The van der Waals surface area contributed by atoms with Crippen molar-refractivity contribution >= 4 is 17.4 Å². The van der Waals surface area contributed by atoms with Gasteiger partial charge >= 0.3 is 0 Å². The van der Waals surface area contributed by atoms with Crippen LogP contribution in [0.3, 0.4) is 0 Å². The summed E-state index contributed by atoms with van der Waals surface area (Å²) in [6, 6.07) is 1.92. The Morgan fingerprint density at radius 3 is 2.88 bits per heavy atom. The fourth-order valence-electron chi connectivity index (χ4n) is 1.89. The van der Waals surface area contributed by atoms with Gasteiger partial charge in [-0.2, -0.15) is 0 Å². The van der Waals surface area contributed by atoms with Crippen molar-refractivity contribution < 1.29 is 9.59 Å². The second-order valence-corrected chi connectivity index (χ2v) is 4.04. The van der Waals surface area contributed by atoms with Gasteiger partial charge in [-0.25, -0.2) is 0 Å². The van der Waals surface area contributed by atoms with Crippen LogP contribution in [-0.2, 0) is 16.0 Å². The van der Waals surface area contributed by atoms with Crippen molar-refractivity contribution in [1.29, 1.82) is 0 Å². The molecule has 1 aromatic heterocycles. The summed E-state index contributed by atoms with van der Waals surface area (Å²) in [5, 5.41) is 0. The zero-order chi connectivity index (χ0) is 11.7. The molecule has 0 bridgehead atoms. The van der Waals surface area contributed by atoms with Gasteiger partial charge in [-0.1, -0.05) is 6.92 Å². The van der Waals surface area contributed by atoms with Crippen LogP contribution in [0.15, 0.2) is 12.3 Å². The molecule has 1 amide bonds. The lowest BCUT2D eigenvalue weighted by molar-refractivity contribution is -0.136. The fourth-order valence-corrected chi connectivity index (χ4v) is 1.89. The number of carbonyl (C=O) groups is 2. The smallest absolute Gasteiger partial charge is 0.294 e. The third-order valence-corrected chi connectivity index (χ3v) is 2.63. The van der Waals surface area contributed by atoms with Crippen molar-refractivity contribution in [1.82, 2.24) is 4.98 Å². The van der Waals surface area contributed by atoms with Crippen LogP contribution in [0.1, 0.15) is 24.6 Å². The van der Waals surface area contributed by atoms with Crippen LogP contribution in [-0.4, -0.2) is 23.2 Å². The van der Waals surface area contributed by atoms with E-state index >= 15 is 0 Å². The molecule has 0 aliphatic carbocycles. The maximum Gasteiger partial charge on any atom is 0.294 e. The first-order valence-electron chi connectivity index (χ1n) is 5.43. The SMILES string of the molecule is CCCN1C(=O)C(=O)Cc2ncc(C)cc21. The molecular weight excluding hydrogens is 204 g/mol. The number of fused-ring (bicyclic) bond motifs is 1. The van der Waals surface area contributed by atoms with Gasteiger partial charge in [0, 0.05) is 12.7 Å². The van der Waals surface area contributed by atoms with E-state index in [2.05, 4.69) is 4.98 Å². The van der Waals surface area contributed by atoms with E-state index in [4.69, 9.17) is 0 Å². The summed E-state index contributed by atoms with van der Waals surface area (Å²) < 4.78 is 0. The van der Waals surface area contributed by atoms with Gasteiger partial charge in [-0.3, -0.25) is 14.6 Å². The van der Waals surface area contributed by atoms with Crippen molar-refractivity contribution in [2.75, 3.05) is 11.4 Å². The highest BCUT2D eigenvalue weighted by molar-refractivity contribution is 6.43. The minimum absolute atomic E-state index is 0.134. The minimum atomic E-state index is -0.401. The molecule has 0 aromatic carbocycles. The summed E-state index contributed by atoms with van der Waals surface area (Å²) in [5.41, 5.74) is 2.51. The molecule has 1 aliphatic heterocycles. The van der Waals surface area contributed by atoms with E-state index in [1.807, 2.05) is 19.9 Å². The second-order valence-electron chi connectivity index (χ2n) is 4.04. The molecule has 0 N–H and O–H groups in total. The zero-order valence-corrected chi connectivity index (χ0v) is 9.49. The molecule has 84 valence electrons. The van der Waals surface area contributed by atoms with Gasteiger partial charge in [-0.15, -0.1) is 0 Å². The van der Waals surface area contributed by atoms with Gasteiger partial charge in [-0.05, 0) is 25.0 Å². The molecule has 1 aromatic rings. The number of carbonyl (C=O) groups excluding carboxylic acids is 2. The monoisotopic (exact) mass is 218 g/mol. The summed E-state index contributed by atoms with van der Waals surface area (Å²) >= 11 is 0. The van der Waals surface area contributed by atoms with E-state index in [1.165, 1.54) is 0 Å². The van der Waals surface area contributed by atoms with E-state index in [9.17, 15) is 9.59 Å². The molecule has 0 saturated heterocycles. The number of nitrogens with zero attached hydrogens (tertiary/aromatic N) is 2. The number of amides is 1. The number of pyridine rings is 1. The molecule has 0 radical (unpaired) electrons. The average molecular weight is 218 g/mol. The number of Topliss-reactive ketones (excluding diaryl/α,β-unsaturated/α-hetero) is 1. The largest absolute Gasteiger partial charge is 0.304 e. The summed E-state index contributed by atoms with van der Waals surface area (Å²) in [7, 11) is 0. The lowest BCUT2D eigenvalue weighted by atomic mass is 10.0. The van der Waals surface area contributed by atoms with E-state index in [0.29, 0.717) is 12.2 Å². The van der Waals surface area contributed by atoms with Gasteiger partial charge in [0.2, 0.25) is 5.78 Å². The molecule has 16 heavy (non-hydrogen) atoms. The Balaban J connectivity index is 2.49. The highest BCUT2D eigenvalue weighted by Gasteiger charge is 2.31. The third-order valence-electron chi connectivity index (χ3n) is 2.63. The Morgan fingerprint density at radius 1 is 1.44 bits per heavy atom. The summed E-state index contributed by atoms with van der Waals surface area (Å²) in [5.74, 6) is -0.765. The zero-order valence-electron chi connectivity index (χ0n) is 9.49. The lowest BCUT2D eigenvalue weighted by Crippen LogP contribution is -2.42. The Labute approximate surface area is 94.3 Å². The first kappa shape index (κ1) is 10.8. The molecule has 0 atom stereocenters. The molecule has 4 heteroatoms. The molecule has 0 saturated carbocycles. The van der Waals surface area contributed by atoms with Crippen LogP contribution in [0, 0.1) is 6.92 Å². The van der Waals surface area contributed by atoms with Crippen molar-refractivity contribution in [2.24, 2.45) is 0 Å². The number of ketones is 1. The Bertz CT molecular complexity index is 454. The maximum atomic E-state index is 11.7. The first-order chi connectivity index (χ1) is 7.63. The fraction of sp³-hybridized carbons (Fsp3) is 0.417. The lowest BCUT2D eigenvalue weighted by Gasteiger charge is -2.27. The van der Waals surface area contributed by atoms with Crippen LogP contribution >= 0.6 is 0 Å². The second kappa shape index (κ2) is 4.04. The number of hydrogen-bond acceptors (Lipinski definition) is 3. The minimum Gasteiger partial charge on any atom is -0.304 e. The first-order valence-corrected chi connectivity index (χ1v) is 5.43. The van der Waals surface area contributed by atoms with Crippen molar-refractivity contribution in [3.8, 4) is 0 Å². The van der Waals surface area contributed by atoms with E-state index < -0.39 is 5.91 Å². The van der Waals surface area contributed by atoms with Crippen LogP contribution in [0.5, 0.6) is 0 Å². The van der Waals surface area contributed by atoms with E-state index in [0.717, 1.165) is 17.7 Å². The quantitative estimate of drug-likeness (QED) is 0.702. The predicted octanol–water partition coefficient (Wildman–Crippen LogP) is 1.26. The number of anilines is 1. The highest BCUT2D eigenvalue weighted by Crippen LogP contribution is 2.25. The standard InChI is InChI=1S/C12H14N2O2/c1-3-4-14-10-5-8(2)7-13-9(10)6-11(15)12(14)16/h5,7H,3-4,6H2,1-2H3. The molecule has 2 heterocycles. The normalized spacial score (nSPS) is 15.2. The molecule has 4 nitrogen and oxygen atoms in total. The molecule has 0 unspecified atom stereocenters. The summed E-state index contributed by atoms with van der Waals surface area (Å²) in [4.78, 5) is 29.0. The molecule has 2 rings (SSSR count). The van der Waals surface area contributed by atoms with E-state index in [-0.39, 0.29) is 12.2 Å². The highest BCUT2D eigenvalue weighted by atomic mass is 16.2. The summed E-state index contributed by atoms with van der Waals surface area (Å²) in [6.45, 7) is 4.48. The summed E-state index contributed by atoms with van der Waals surface area (Å²) in [6.07, 6.45) is 2.69. The van der Waals surface area contributed by atoms with Crippen LogP contribution in [0.4, 0.5) is 5.69 Å². The Morgan fingerprint density at radius 2 is 2.19 bits per heavy atom. The maximum absolute atomic E-state index is 11.7. The van der Waals surface area contributed by atoms with Crippen LogP contribution in [0.25, 0.3) is 0 Å². The number of aromatic nitrogens is 1. The van der Waals surface area contributed by atoms with Gasteiger partial charge in [0.1, 0.15) is 0 Å². The van der Waals surface area contributed by atoms with E-state index in [1.54, 1.807) is 11.1 Å². The third kappa shape index (κ3) is 1.71. The topological polar surface area (TPSA) is 50.3 Å². The Hall–Kier alpha value is -1.71. The number of rotatable bonds is 2. The number of hydrogen-bond donors (Lipinski definition) is 0. The number of aryl methyl sites for hydroxylation is 1. The van der Waals surface area contributed by atoms with Crippen molar-refractivity contribution in [2.45, 2.75) is 26.7 Å². The Kier molecular flexibility index (Phi) is 2.73. The van der Waals surface area contributed by atoms with Gasteiger partial charge in [0.25, 0.3) is 5.91 Å². The molecule has 0 fully saturated rings. The van der Waals surface area contributed by atoms with Gasteiger partial charge in [0.05, 0.1) is 17.8 Å². The van der Waals surface area contributed by atoms with Crippen molar-refractivity contribution in [3.63, 3.8) is 0 Å². The van der Waals surface area contributed by atoms with Crippen LogP contribution < -0.4 is 4.90 Å². The molecular formula is C12H14N2O2. The van der Waals surface area contributed by atoms with Crippen LogP contribution in [0.2, 0.25) is 0 Å². The predicted molar refractivity (Wildman–Crippen MR) is 60.3 cm³/mol. The van der Waals surface area contributed by atoms with Crippen molar-refractivity contribution in [3.05, 3.63) is 23.5 Å². The van der Waals surface area contributed by atoms with Gasteiger partial charge < -0.3 is 4.90 Å². The molecule has 1 aliphatic rings. The van der Waals surface area contributed by atoms with Gasteiger partial charge in [0.15, 0.2) is 0 Å².